The molecule has 0 atom stereocenters. The van der Waals surface area contributed by atoms with Gasteiger partial charge in [-0.15, -0.1) is 0 Å². The summed E-state index contributed by atoms with van der Waals surface area (Å²) in [6.45, 7) is 8.43. The van der Waals surface area contributed by atoms with E-state index < -0.39 is 16.1 Å². The zero-order valence-corrected chi connectivity index (χ0v) is 29.0. The Labute approximate surface area is 293 Å². The van der Waals surface area contributed by atoms with Crippen molar-refractivity contribution in [2.24, 2.45) is 0 Å². The van der Waals surface area contributed by atoms with Crippen LogP contribution in [0.4, 0.5) is 27.9 Å². The summed E-state index contributed by atoms with van der Waals surface area (Å²) in [5, 5.41) is 15.3. The fourth-order valence-electron chi connectivity index (χ4n) is 6.32. The van der Waals surface area contributed by atoms with E-state index in [0.717, 1.165) is 52.7 Å². The van der Waals surface area contributed by atoms with E-state index in [1.165, 1.54) is 17.3 Å². The largest absolute Gasteiger partial charge is 0.352 e. The number of amides is 3. The van der Waals surface area contributed by atoms with E-state index in [1.807, 2.05) is 29.1 Å². The minimum atomic E-state index is -3.48. The van der Waals surface area contributed by atoms with Crippen LogP contribution in [0, 0.1) is 0 Å². The van der Waals surface area contributed by atoms with Gasteiger partial charge in [0.1, 0.15) is 11.6 Å². The number of aromatic nitrogens is 8. The lowest BCUT2D eigenvalue weighted by Crippen LogP contribution is -2.49. The first kappa shape index (κ1) is 32.7. The van der Waals surface area contributed by atoms with Gasteiger partial charge in [-0.25, -0.2) is 28.2 Å². The Balaban J connectivity index is 0.935. The highest BCUT2D eigenvalue weighted by Crippen LogP contribution is 2.32. The normalized spacial score (nSPS) is 17.4. The van der Waals surface area contributed by atoms with Crippen LogP contribution in [0.3, 0.4) is 0 Å². The molecule has 2 N–H and O–H groups in total. The number of rotatable bonds is 10. The molecule has 3 aliphatic rings. The Morgan fingerprint density at radius 3 is 2.51 bits per heavy atom. The molecule has 0 spiro atoms. The maximum atomic E-state index is 12.6. The molecule has 5 aromatic rings. The van der Waals surface area contributed by atoms with Gasteiger partial charge in [-0.05, 0) is 44.9 Å². The highest BCUT2D eigenvalue weighted by atomic mass is 32.2. The smallest absolute Gasteiger partial charge is 0.328 e. The number of imide groups is 1. The fourth-order valence-corrected chi connectivity index (χ4v) is 7.79. The van der Waals surface area contributed by atoms with Crippen molar-refractivity contribution in [3.63, 3.8) is 0 Å². The summed E-state index contributed by atoms with van der Waals surface area (Å²) in [6.07, 6.45) is 9.63. The predicted molar refractivity (Wildman–Crippen MR) is 189 cm³/mol. The molecule has 51 heavy (non-hydrogen) atoms. The number of hydrogen-bond donors (Lipinski definition) is 2. The molecule has 1 aliphatic carbocycles. The number of urea groups is 1. The minimum Gasteiger partial charge on any atom is -0.352 e. The van der Waals surface area contributed by atoms with Crippen molar-refractivity contribution in [2.75, 3.05) is 47.8 Å². The molecule has 3 fully saturated rings. The van der Waals surface area contributed by atoms with E-state index in [0.29, 0.717) is 54.6 Å². The monoisotopic (exact) mass is 711 g/mol. The third-order valence-corrected chi connectivity index (χ3v) is 11.3. The molecule has 5 aromatic heterocycles. The summed E-state index contributed by atoms with van der Waals surface area (Å²) in [5.41, 5.74) is 3.02. The van der Waals surface area contributed by atoms with E-state index in [4.69, 9.17) is 10.1 Å². The Hall–Kier alpha value is -5.49. The fraction of sp³-hybridized carbons (Fsp3) is 0.394. The number of fused-ring (bicyclic) bond motifs is 1. The van der Waals surface area contributed by atoms with E-state index in [1.54, 1.807) is 18.5 Å². The lowest BCUT2D eigenvalue weighted by atomic mass is 10.2. The summed E-state index contributed by atoms with van der Waals surface area (Å²) in [6, 6.07) is 7.18. The second kappa shape index (κ2) is 13.0. The molecule has 17 nitrogen and oxygen atoms in total. The van der Waals surface area contributed by atoms with E-state index >= 15 is 0 Å². The molecule has 2 aliphatic heterocycles. The Morgan fingerprint density at radius 1 is 0.961 bits per heavy atom. The first-order chi connectivity index (χ1) is 24.6. The number of carbonyl (C=O) groups is 2. The molecule has 0 bridgehead atoms. The second-order valence-electron chi connectivity index (χ2n) is 13.2. The third-order valence-electron chi connectivity index (χ3n) is 9.23. The van der Waals surface area contributed by atoms with Crippen LogP contribution < -0.4 is 20.4 Å². The van der Waals surface area contributed by atoms with Crippen LogP contribution in [-0.2, 0) is 21.4 Å². The highest BCUT2D eigenvalue weighted by Gasteiger charge is 2.37. The van der Waals surface area contributed by atoms with Crippen molar-refractivity contribution in [2.45, 2.75) is 50.9 Å². The van der Waals surface area contributed by atoms with Crippen LogP contribution >= 0.6 is 0 Å². The van der Waals surface area contributed by atoms with E-state index in [9.17, 15) is 18.0 Å². The molecule has 2 saturated heterocycles. The summed E-state index contributed by atoms with van der Waals surface area (Å²) in [7, 11) is -3.48. The summed E-state index contributed by atoms with van der Waals surface area (Å²) >= 11 is 0. The molecule has 3 amide bonds. The number of carbonyl (C=O) groups excluding carboxylic acids is 2. The van der Waals surface area contributed by atoms with Gasteiger partial charge in [0.2, 0.25) is 5.91 Å². The average Bonchev–Trinajstić information content (AvgIpc) is 3.74. The van der Waals surface area contributed by atoms with Gasteiger partial charge in [-0.3, -0.25) is 29.6 Å². The number of nitrogens with zero attached hydrogens (tertiary/aromatic N) is 11. The number of hydrogen-bond acceptors (Lipinski definition) is 13. The highest BCUT2D eigenvalue weighted by molar-refractivity contribution is 7.90. The standard InChI is InChI=1S/C33H37N13O4S/c1-21(2)46-27-15-29(38-28-7-9-34-31(39-28)22-16-37-45(19-22)51(49,50)25-5-6-25)36-18-26(27)32(41-46)43-13-11-42(12-14-43)20-23-3-4-24(17-35-23)44-10-8-30(47)40-33(44)48/h3-4,7,9,15-19,21,25H,5-6,8,10-14,20H2,1-2H3,(H,40,47,48)(H,34,36,38,39). The number of piperazine rings is 1. The first-order valence-corrected chi connectivity index (χ1v) is 18.4. The minimum absolute atomic E-state index is 0.109. The quantitative estimate of drug-likeness (QED) is 0.215. The third kappa shape index (κ3) is 6.59. The number of nitrogens with one attached hydrogen (secondary N) is 2. The molecule has 1 saturated carbocycles. The Kier molecular flexibility index (Phi) is 8.33. The van der Waals surface area contributed by atoms with Crippen molar-refractivity contribution in [3.8, 4) is 11.4 Å². The molecule has 18 heteroatoms. The van der Waals surface area contributed by atoms with Gasteiger partial charge in [0.15, 0.2) is 11.6 Å². The van der Waals surface area contributed by atoms with E-state index in [-0.39, 0.29) is 23.6 Å². The summed E-state index contributed by atoms with van der Waals surface area (Å²) in [4.78, 5) is 48.1. The van der Waals surface area contributed by atoms with Crippen LogP contribution in [-0.4, -0.2) is 102 Å². The van der Waals surface area contributed by atoms with E-state index in [2.05, 4.69) is 54.3 Å². The maximum Gasteiger partial charge on any atom is 0.328 e. The zero-order valence-electron chi connectivity index (χ0n) is 28.2. The van der Waals surface area contributed by atoms with Crippen LogP contribution in [0.2, 0.25) is 0 Å². The molecule has 8 rings (SSSR count). The van der Waals surface area contributed by atoms with Crippen molar-refractivity contribution in [1.29, 1.82) is 0 Å². The molecule has 264 valence electrons. The number of anilines is 4. The van der Waals surface area contributed by atoms with Gasteiger partial charge in [0, 0.05) is 70.2 Å². The van der Waals surface area contributed by atoms with Crippen molar-refractivity contribution in [3.05, 3.63) is 60.9 Å². The summed E-state index contributed by atoms with van der Waals surface area (Å²) < 4.78 is 28.2. The number of pyridine rings is 2. The zero-order chi connectivity index (χ0) is 35.3. The van der Waals surface area contributed by atoms with Gasteiger partial charge in [-0.2, -0.15) is 14.3 Å². The SMILES string of the molecule is CC(C)n1nc(N2CCN(Cc3ccc(N4CCC(=O)NC4=O)cn3)CC2)c2cnc(Nc3ccnc(-c4cnn(S(=O)(=O)C5CC5)c4)n3)cc21. The van der Waals surface area contributed by atoms with Gasteiger partial charge in [0.25, 0.3) is 10.0 Å². The van der Waals surface area contributed by atoms with Crippen molar-refractivity contribution < 1.29 is 18.0 Å². The predicted octanol–water partition coefficient (Wildman–Crippen LogP) is 2.91. The van der Waals surface area contributed by atoms with Crippen LogP contribution in [0.25, 0.3) is 22.3 Å². The molecular formula is C33H37N13O4S. The van der Waals surface area contributed by atoms with Gasteiger partial charge in [-0.1, -0.05) is 0 Å². The van der Waals surface area contributed by atoms with Crippen LogP contribution in [0.1, 0.15) is 44.8 Å². The molecule has 0 unspecified atom stereocenters. The second-order valence-corrected chi connectivity index (χ2v) is 15.3. The molecule has 7 heterocycles. The first-order valence-electron chi connectivity index (χ1n) is 16.9. The van der Waals surface area contributed by atoms with Gasteiger partial charge >= 0.3 is 6.03 Å². The molecular weight excluding hydrogens is 675 g/mol. The van der Waals surface area contributed by atoms with Crippen LogP contribution in [0.5, 0.6) is 0 Å². The topological polar surface area (TPSA) is 189 Å². The summed E-state index contributed by atoms with van der Waals surface area (Å²) in [5.74, 6) is 2.08. The molecule has 0 radical (unpaired) electrons. The molecule has 0 aromatic carbocycles. The maximum absolute atomic E-state index is 12.6. The van der Waals surface area contributed by atoms with Crippen molar-refractivity contribution >= 4 is 56.0 Å². The lowest BCUT2D eigenvalue weighted by molar-refractivity contribution is -0.120. The Morgan fingerprint density at radius 2 is 1.78 bits per heavy atom. The lowest BCUT2D eigenvalue weighted by Gasteiger charge is -2.34. The van der Waals surface area contributed by atoms with Gasteiger partial charge < -0.3 is 10.2 Å². The average molecular weight is 712 g/mol. The van der Waals surface area contributed by atoms with Crippen LogP contribution in [0.15, 0.2) is 55.2 Å². The Bertz CT molecular complexity index is 2220. The van der Waals surface area contributed by atoms with Crippen molar-refractivity contribution in [1.82, 2.24) is 49.1 Å². The van der Waals surface area contributed by atoms with Gasteiger partial charge in [0.05, 0.1) is 51.7 Å².